The zero-order chi connectivity index (χ0) is 13.7. The normalized spacial score (nSPS) is 28.6. The summed E-state index contributed by atoms with van der Waals surface area (Å²) in [5.74, 6) is -1.30. The number of carboxylic acids is 1. The topological polar surface area (TPSA) is 75.6 Å². The second-order valence-electron chi connectivity index (χ2n) is 5.28. The van der Waals surface area contributed by atoms with Gasteiger partial charge in [0.05, 0.1) is 6.61 Å². The van der Waals surface area contributed by atoms with E-state index in [-0.39, 0.29) is 17.7 Å². The highest BCUT2D eigenvalue weighted by Crippen LogP contribution is 2.21. The first-order chi connectivity index (χ1) is 9.18. The number of carboxylic acid groups (broad SMARTS) is 1. The fourth-order valence-electron chi connectivity index (χ4n) is 2.71. The van der Waals surface area contributed by atoms with Crippen LogP contribution in [0.4, 0.5) is 0 Å². The maximum atomic E-state index is 12.1. The molecule has 2 rings (SSSR count). The molecule has 0 aromatic carbocycles. The molecule has 1 fully saturated rings. The van der Waals surface area contributed by atoms with E-state index in [1.165, 1.54) is 0 Å². The predicted octanol–water partition coefficient (Wildman–Crippen LogP) is 1.34. The van der Waals surface area contributed by atoms with Gasteiger partial charge in [0.1, 0.15) is 6.04 Å². The minimum atomic E-state index is -0.963. The molecule has 1 saturated heterocycles. The standard InChI is InChI=1S/C14H21NO4/c16-13(10-5-2-1-3-6-10)15-12(14(17)18)11-7-4-8-19-9-11/h1-2,10-12H,3-9H2,(H,15,16)(H,17,18). The molecule has 0 radical (unpaired) electrons. The van der Waals surface area contributed by atoms with Crippen LogP contribution in [0.5, 0.6) is 0 Å². The Hall–Kier alpha value is -1.36. The van der Waals surface area contributed by atoms with Gasteiger partial charge in [-0.15, -0.1) is 0 Å². The van der Waals surface area contributed by atoms with Crippen molar-refractivity contribution in [2.45, 2.75) is 38.1 Å². The molecular weight excluding hydrogens is 246 g/mol. The van der Waals surface area contributed by atoms with Crippen molar-refractivity contribution < 1.29 is 19.4 Å². The van der Waals surface area contributed by atoms with Gasteiger partial charge in [0, 0.05) is 18.4 Å². The van der Waals surface area contributed by atoms with Crippen LogP contribution in [-0.2, 0) is 14.3 Å². The minimum Gasteiger partial charge on any atom is -0.480 e. The van der Waals surface area contributed by atoms with Gasteiger partial charge in [-0.2, -0.15) is 0 Å². The average molecular weight is 267 g/mol. The Morgan fingerprint density at radius 2 is 2.16 bits per heavy atom. The van der Waals surface area contributed by atoms with E-state index in [2.05, 4.69) is 11.4 Å². The van der Waals surface area contributed by atoms with Crippen LogP contribution in [-0.4, -0.2) is 36.2 Å². The molecule has 1 amide bonds. The van der Waals surface area contributed by atoms with Gasteiger partial charge in [-0.3, -0.25) is 4.79 Å². The highest BCUT2D eigenvalue weighted by molar-refractivity contribution is 5.85. The smallest absolute Gasteiger partial charge is 0.326 e. The van der Waals surface area contributed by atoms with Crippen LogP contribution in [0.2, 0.25) is 0 Å². The number of nitrogens with one attached hydrogen (secondary N) is 1. The van der Waals surface area contributed by atoms with Crippen LogP contribution in [0.25, 0.3) is 0 Å². The van der Waals surface area contributed by atoms with Crippen LogP contribution in [0.15, 0.2) is 12.2 Å². The molecule has 106 valence electrons. The van der Waals surface area contributed by atoms with E-state index in [1.54, 1.807) is 0 Å². The number of hydrogen-bond acceptors (Lipinski definition) is 3. The third-order valence-corrected chi connectivity index (χ3v) is 3.87. The summed E-state index contributed by atoms with van der Waals surface area (Å²) in [4.78, 5) is 23.4. The Balaban J connectivity index is 1.93. The Bertz CT molecular complexity index is 360. The molecule has 1 heterocycles. The molecule has 5 nitrogen and oxygen atoms in total. The van der Waals surface area contributed by atoms with Crippen LogP contribution in [0.3, 0.4) is 0 Å². The van der Waals surface area contributed by atoms with Crippen molar-refractivity contribution in [1.82, 2.24) is 5.32 Å². The minimum absolute atomic E-state index is 0.0867. The van der Waals surface area contributed by atoms with Gasteiger partial charge in [0.15, 0.2) is 0 Å². The van der Waals surface area contributed by atoms with Gasteiger partial charge in [0.2, 0.25) is 5.91 Å². The second kappa shape index (κ2) is 6.70. The van der Waals surface area contributed by atoms with Crippen molar-refractivity contribution in [3.63, 3.8) is 0 Å². The molecule has 3 unspecified atom stereocenters. The molecular formula is C14H21NO4. The van der Waals surface area contributed by atoms with Gasteiger partial charge in [-0.05, 0) is 32.1 Å². The molecule has 1 aliphatic heterocycles. The molecule has 5 heteroatoms. The van der Waals surface area contributed by atoms with Crippen molar-refractivity contribution in [2.75, 3.05) is 13.2 Å². The third kappa shape index (κ3) is 3.80. The van der Waals surface area contributed by atoms with E-state index in [0.717, 1.165) is 25.7 Å². The number of carbonyl (C=O) groups is 2. The van der Waals surface area contributed by atoms with E-state index in [1.807, 2.05) is 6.08 Å². The molecule has 0 bridgehead atoms. The van der Waals surface area contributed by atoms with E-state index in [4.69, 9.17) is 4.74 Å². The van der Waals surface area contributed by atoms with Crippen molar-refractivity contribution >= 4 is 11.9 Å². The van der Waals surface area contributed by atoms with Crippen LogP contribution in [0.1, 0.15) is 32.1 Å². The summed E-state index contributed by atoms with van der Waals surface area (Å²) in [5.41, 5.74) is 0. The summed E-state index contributed by atoms with van der Waals surface area (Å²) in [6.07, 6.45) is 8.11. The maximum Gasteiger partial charge on any atom is 0.326 e. The molecule has 2 aliphatic rings. The van der Waals surface area contributed by atoms with E-state index < -0.39 is 12.0 Å². The zero-order valence-electron chi connectivity index (χ0n) is 11.0. The largest absolute Gasteiger partial charge is 0.480 e. The number of allylic oxidation sites excluding steroid dienone is 2. The van der Waals surface area contributed by atoms with Gasteiger partial charge < -0.3 is 15.2 Å². The molecule has 0 saturated carbocycles. The monoisotopic (exact) mass is 267 g/mol. The van der Waals surface area contributed by atoms with E-state index >= 15 is 0 Å². The van der Waals surface area contributed by atoms with Crippen LogP contribution in [0, 0.1) is 11.8 Å². The Morgan fingerprint density at radius 3 is 2.74 bits per heavy atom. The van der Waals surface area contributed by atoms with Crippen molar-refractivity contribution in [3.8, 4) is 0 Å². The Labute approximate surface area is 113 Å². The van der Waals surface area contributed by atoms with Crippen molar-refractivity contribution in [2.24, 2.45) is 11.8 Å². The third-order valence-electron chi connectivity index (χ3n) is 3.87. The molecule has 19 heavy (non-hydrogen) atoms. The number of hydrogen-bond donors (Lipinski definition) is 2. The summed E-state index contributed by atoms with van der Waals surface area (Å²) in [5, 5.41) is 12.0. The quantitative estimate of drug-likeness (QED) is 0.754. The lowest BCUT2D eigenvalue weighted by Crippen LogP contribution is -2.50. The first-order valence-corrected chi connectivity index (χ1v) is 6.94. The highest BCUT2D eigenvalue weighted by atomic mass is 16.5. The van der Waals surface area contributed by atoms with Crippen molar-refractivity contribution in [1.29, 1.82) is 0 Å². The number of carbonyl (C=O) groups excluding carboxylic acids is 1. The maximum absolute atomic E-state index is 12.1. The molecule has 0 spiro atoms. The molecule has 0 aromatic heterocycles. The summed E-state index contributed by atoms with van der Waals surface area (Å²) >= 11 is 0. The number of rotatable bonds is 4. The van der Waals surface area contributed by atoms with E-state index in [9.17, 15) is 14.7 Å². The fourth-order valence-corrected chi connectivity index (χ4v) is 2.71. The predicted molar refractivity (Wildman–Crippen MR) is 69.6 cm³/mol. The van der Waals surface area contributed by atoms with Gasteiger partial charge in [-0.1, -0.05) is 12.2 Å². The Morgan fingerprint density at radius 1 is 1.32 bits per heavy atom. The van der Waals surface area contributed by atoms with Crippen LogP contribution >= 0.6 is 0 Å². The summed E-state index contributed by atoms with van der Waals surface area (Å²) in [6, 6.07) is -0.821. The van der Waals surface area contributed by atoms with Gasteiger partial charge in [-0.25, -0.2) is 4.79 Å². The van der Waals surface area contributed by atoms with Crippen LogP contribution < -0.4 is 5.32 Å². The van der Waals surface area contributed by atoms with Gasteiger partial charge in [0.25, 0.3) is 0 Å². The first kappa shape index (κ1) is 14.1. The first-order valence-electron chi connectivity index (χ1n) is 6.94. The second-order valence-corrected chi connectivity index (χ2v) is 5.28. The molecule has 3 atom stereocenters. The lowest BCUT2D eigenvalue weighted by Gasteiger charge is -2.29. The molecule has 2 N–H and O–H groups in total. The lowest BCUT2D eigenvalue weighted by atomic mass is 9.90. The summed E-state index contributed by atoms with van der Waals surface area (Å²) < 4.78 is 5.31. The molecule has 0 aromatic rings. The van der Waals surface area contributed by atoms with E-state index in [0.29, 0.717) is 19.6 Å². The number of aliphatic carboxylic acids is 1. The fraction of sp³-hybridized carbons (Fsp3) is 0.714. The van der Waals surface area contributed by atoms with Crippen molar-refractivity contribution in [3.05, 3.63) is 12.2 Å². The SMILES string of the molecule is O=C(NC(C(=O)O)C1CCCOC1)C1CC=CCC1. The lowest BCUT2D eigenvalue weighted by molar-refractivity contribution is -0.145. The highest BCUT2D eigenvalue weighted by Gasteiger charge is 2.33. The number of amides is 1. The summed E-state index contributed by atoms with van der Waals surface area (Å²) in [7, 11) is 0. The molecule has 1 aliphatic carbocycles. The average Bonchev–Trinajstić information content (AvgIpc) is 2.46. The van der Waals surface area contributed by atoms with Gasteiger partial charge >= 0.3 is 5.97 Å². The zero-order valence-corrected chi connectivity index (χ0v) is 11.0. The Kier molecular flexibility index (Phi) is 4.96. The number of ether oxygens (including phenoxy) is 1. The summed E-state index contributed by atoms with van der Waals surface area (Å²) in [6.45, 7) is 1.10.